The van der Waals surface area contributed by atoms with Crippen molar-refractivity contribution in [2.75, 3.05) is 39.9 Å². The first-order valence-electron chi connectivity index (χ1n) is 15.4. The van der Waals surface area contributed by atoms with Gasteiger partial charge in [0.15, 0.2) is 0 Å². The van der Waals surface area contributed by atoms with Gasteiger partial charge in [-0.05, 0) is 68.6 Å². The van der Waals surface area contributed by atoms with E-state index in [0.29, 0.717) is 44.5 Å². The highest BCUT2D eigenvalue weighted by molar-refractivity contribution is 6.01. The molecule has 1 fully saturated rings. The second-order valence-corrected chi connectivity index (χ2v) is 11.2. The summed E-state index contributed by atoms with van der Waals surface area (Å²) in [6, 6.07) is 14.0. The zero-order valence-corrected chi connectivity index (χ0v) is 26.4. The lowest BCUT2D eigenvalue weighted by molar-refractivity contribution is -0.384. The second-order valence-electron chi connectivity index (χ2n) is 11.2. The van der Waals surface area contributed by atoms with E-state index < -0.39 is 34.4 Å². The molecule has 2 N–H and O–H groups in total. The van der Waals surface area contributed by atoms with E-state index >= 15 is 0 Å². The van der Waals surface area contributed by atoms with Crippen LogP contribution in [0.2, 0.25) is 0 Å². The van der Waals surface area contributed by atoms with Gasteiger partial charge >= 0.3 is 24.0 Å². The average Bonchev–Trinajstić information content (AvgIpc) is 3.09. The molecular weight excluding hydrogens is 608 g/mol. The monoisotopic (exact) mass is 646 g/mol. The van der Waals surface area contributed by atoms with E-state index in [1.807, 2.05) is 36.4 Å². The number of non-ortho nitro benzene ring substituents is 1. The Morgan fingerprint density at radius 3 is 2.40 bits per heavy atom. The molecule has 0 bridgehead atoms. The lowest BCUT2D eigenvalue weighted by Crippen LogP contribution is -2.55. The fraction of sp³-hybridized carbons (Fsp3) is 0.424. The molecule has 4 rings (SSSR count). The molecule has 248 valence electrons. The first-order valence-corrected chi connectivity index (χ1v) is 15.4. The molecule has 2 aliphatic heterocycles. The van der Waals surface area contributed by atoms with Crippen LogP contribution in [0.15, 0.2) is 65.9 Å². The normalized spacial score (nSPS) is 17.7. The zero-order chi connectivity index (χ0) is 34.0. The Labute approximate surface area is 272 Å². The molecule has 0 radical (unpaired) electrons. The van der Waals surface area contributed by atoms with E-state index in [9.17, 15) is 29.3 Å². The molecule has 0 unspecified atom stereocenters. The van der Waals surface area contributed by atoms with Crippen LogP contribution in [0.25, 0.3) is 0 Å². The second kappa shape index (κ2) is 15.8. The van der Waals surface area contributed by atoms with E-state index in [2.05, 4.69) is 15.5 Å². The van der Waals surface area contributed by atoms with Crippen molar-refractivity contribution in [3.05, 3.63) is 87.1 Å². The van der Waals surface area contributed by atoms with Crippen molar-refractivity contribution in [1.29, 1.82) is 5.26 Å². The number of methoxy groups -OCH3 is 1. The molecule has 2 aromatic carbocycles. The minimum absolute atomic E-state index is 0.00475. The molecule has 2 aromatic rings. The fourth-order valence-electron chi connectivity index (χ4n) is 6.06. The van der Waals surface area contributed by atoms with E-state index in [1.165, 1.54) is 31.4 Å². The molecule has 14 heteroatoms. The van der Waals surface area contributed by atoms with Crippen LogP contribution >= 0.6 is 0 Å². The molecule has 0 spiro atoms. The molecule has 4 amide bonds. The first-order chi connectivity index (χ1) is 22.7. The highest BCUT2D eigenvalue weighted by Crippen LogP contribution is 2.38. The van der Waals surface area contributed by atoms with Crippen LogP contribution in [-0.4, -0.2) is 78.6 Å². The maximum Gasteiger partial charge on any atom is 0.338 e. The number of amides is 4. The third-order valence-electron chi connectivity index (χ3n) is 8.53. The van der Waals surface area contributed by atoms with Crippen LogP contribution in [0.3, 0.4) is 0 Å². The number of imide groups is 1. The topological polar surface area (TPSA) is 184 Å². The SMILES string of the molecule is CCC1=C(C(=O)OCCC#N)[C@@H](c2ccc([N+](=O)[O-])cc2)N(C(=O)NCCCN2CCC(C(=O)OC)(c3ccccc3)CC2)C(=O)N1. The molecule has 2 aliphatic rings. The summed E-state index contributed by atoms with van der Waals surface area (Å²) in [5.74, 6) is -1.08. The fourth-order valence-corrected chi connectivity index (χ4v) is 6.06. The number of esters is 2. The summed E-state index contributed by atoms with van der Waals surface area (Å²) in [7, 11) is 1.40. The summed E-state index contributed by atoms with van der Waals surface area (Å²) in [5, 5.41) is 25.5. The van der Waals surface area contributed by atoms with Gasteiger partial charge in [0.1, 0.15) is 12.6 Å². The van der Waals surface area contributed by atoms with Crippen LogP contribution in [0, 0.1) is 21.4 Å². The average molecular weight is 647 g/mol. The van der Waals surface area contributed by atoms with Crippen molar-refractivity contribution in [1.82, 2.24) is 20.4 Å². The summed E-state index contributed by atoms with van der Waals surface area (Å²) in [5.41, 5.74) is 0.540. The number of nitrogens with one attached hydrogen (secondary N) is 2. The largest absolute Gasteiger partial charge is 0.468 e. The Kier molecular flexibility index (Phi) is 11.6. The molecule has 1 saturated heterocycles. The smallest absolute Gasteiger partial charge is 0.338 e. The van der Waals surface area contributed by atoms with Crippen molar-refractivity contribution in [3.63, 3.8) is 0 Å². The van der Waals surface area contributed by atoms with Crippen molar-refractivity contribution in [3.8, 4) is 6.07 Å². The summed E-state index contributed by atoms with van der Waals surface area (Å²) in [4.78, 5) is 66.7. The first kappa shape index (κ1) is 34.6. The predicted molar refractivity (Wildman–Crippen MR) is 169 cm³/mol. The highest BCUT2D eigenvalue weighted by Gasteiger charge is 2.44. The van der Waals surface area contributed by atoms with Crippen molar-refractivity contribution in [2.24, 2.45) is 0 Å². The summed E-state index contributed by atoms with van der Waals surface area (Å²) in [6.07, 6.45) is 1.89. The van der Waals surface area contributed by atoms with Crippen molar-refractivity contribution in [2.45, 2.75) is 50.5 Å². The van der Waals surface area contributed by atoms with Gasteiger partial charge in [0, 0.05) is 24.4 Å². The van der Waals surface area contributed by atoms with Gasteiger partial charge in [-0.2, -0.15) is 5.26 Å². The molecule has 0 aromatic heterocycles. The van der Waals surface area contributed by atoms with Gasteiger partial charge in [-0.15, -0.1) is 0 Å². The van der Waals surface area contributed by atoms with E-state index in [0.717, 1.165) is 10.5 Å². The number of carbonyl (C=O) groups excluding carboxylic acids is 4. The minimum atomic E-state index is -1.24. The van der Waals surface area contributed by atoms with Crippen LogP contribution in [-0.2, 0) is 24.5 Å². The van der Waals surface area contributed by atoms with Crippen LogP contribution in [0.5, 0.6) is 0 Å². The Hall–Kier alpha value is -5.29. The van der Waals surface area contributed by atoms with Gasteiger partial charge in [0.25, 0.3) is 5.69 Å². The summed E-state index contributed by atoms with van der Waals surface area (Å²) in [6.45, 7) is 3.66. The number of piperidine rings is 1. The standard InChI is InChI=1S/C33H38N6O8/c1-3-26-27(29(40)47-22-7-17-34)28(23-11-13-25(14-12-23)39(44)45)38(32(43)36-26)31(42)35-18-8-19-37-20-15-33(16-21-37,30(41)46-2)24-9-5-4-6-10-24/h4-6,9-14,28H,3,7-8,15-16,18-22H2,1-2H3,(H,35,42)(H,36,43)/t28-/m1/s1. The number of benzene rings is 2. The van der Waals surface area contributed by atoms with Gasteiger partial charge in [0.2, 0.25) is 0 Å². The Morgan fingerprint density at radius 1 is 1.13 bits per heavy atom. The Morgan fingerprint density at radius 2 is 1.81 bits per heavy atom. The van der Waals surface area contributed by atoms with Gasteiger partial charge < -0.3 is 25.0 Å². The van der Waals surface area contributed by atoms with E-state index in [1.54, 1.807) is 6.92 Å². The van der Waals surface area contributed by atoms with E-state index in [-0.39, 0.29) is 48.9 Å². The molecule has 0 aliphatic carbocycles. The Balaban J connectivity index is 1.45. The van der Waals surface area contributed by atoms with Crippen LogP contribution in [0.4, 0.5) is 15.3 Å². The van der Waals surface area contributed by atoms with E-state index in [4.69, 9.17) is 14.7 Å². The number of nitro groups is 1. The minimum Gasteiger partial charge on any atom is -0.468 e. The zero-order valence-electron chi connectivity index (χ0n) is 26.4. The van der Waals surface area contributed by atoms with Gasteiger partial charge in [-0.1, -0.05) is 37.3 Å². The number of carbonyl (C=O) groups is 4. The number of hydrogen-bond donors (Lipinski definition) is 2. The maximum atomic E-state index is 13.6. The number of nitriles is 1. The maximum absolute atomic E-state index is 13.6. The number of nitro benzene ring substituents is 1. The molecule has 47 heavy (non-hydrogen) atoms. The molecule has 14 nitrogen and oxygen atoms in total. The lowest BCUT2D eigenvalue weighted by atomic mass is 9.72. The number of allylic oxidation sites excluding steroid dienone is 1. The third-order valence-corrected chi connectivity index (χ3v) is 8.53. The van der Waals surface area contributed by atoms with Crippen LogP contribution in [0.1, 0.15) is 56.2 Å². The molecule has 1 atom stereocenters. The summed E-state index contributed by atoms with van der Waals surface area (Å²) >= 11 is 0. The van der Waals surface area contributed by atoms with Gasteiger partial charge in [-0.3, -0.25) is 14.9 Å². The molecule has 2 heterocycles. The number of nitrogens with zero attached hydrogens (tertiary/aromatic N) is 4. The van der Waals surface area contributed by atoms with Crippen molar-refractivity contribution < 1.29 is 33.6 Å². The van der Waals surface area contributed by atoms with Crippen LogP contribution < -0.4 is 10.6 Å². The predicted octanol–water partition coefficient (Wildman–Crippen LogP) is 4.09. The summed E-state index contributed by atoms with van der Waals surface area (Å²) < 4.78 is 10.5. The quantitative estimate of drug-likeness (QED) is 0.147. The van der Waals surface area contributed by atoms with Gasteiger partial charge in [0.05, 0.1) is 35.5 Å². The number of ether oxygens (including phenoxy) is 2. The number of rotatable bonds is 12. The number of urea groups is 2. The Bertz CT molecular complexity index is 1540. The highest BCUT2D eigenvalue weighted by atomic mass is 16.6. The lowest BCUT2D eigenvalue weighted by Gasteiger charge is -2.40. The third kappa shape index (κ3) is 7.75. The number of hydrogen-bond acceptors (Lipinski definition) is 10. The van der Waals surface area contributed by atoms with Crippen molar-refractivity contribution >= 4 is 29.7 Å². The molecular formula is C33H38N6O8. The van der Waals surface area contributed by atoms with Gasteiger partial charge in [-0.25, -0.2) is 19.3 Å². The number of likely N-dealkylation sites (tertiary alicyclic amines) is 1. The molecule has 0 saturated carbocycles.